The van der Waals surface area contributed by atoms with Gasteiger partial charge in [-0.2, -0.15) is 5.26 Å². The minimum Gasteiger partial charge on any atom is -0.462 e. The highest BCUT2D eigenvalue weighted by molar-refractivity contribution is 6.23. The van der Waals surface area contributed by atoms with Crippen molar-refractivity contribution in [1.29, 1.82) is 5.26 Å². The molecule has 2 aromatic carbocycles. The van der Waals surface area contributed by atoms with Crippen molar-refractivity contribution in [2.24, 2.45) is 22.1 Å². The Bertz CT molecular complexity index is 1280. The van der Waals surface area contributed by atoms with E-state index in [0.29, 0.717) is 29.2 Å². The van der Waals surface area contributed by atoms with Crippen LogP contribution in [0.15, 0.2) is 76.2 Å². The van der Waals surface area contributed by atoms with E-state index in [0.717, 1.165) is 12.8 Å². The van der Waals surface area contributed by atoms with E-state index in [2.05, 4.69) is 16.3 Å². The zero-order valence-electron chi connectivity index (χ0n) is 19.1. The molecule has 0 aromatic heterocycles. The number of imide groups is 1. The average molecular weight is 470 g/mol. The average Bonchev–Trinajstić information content (AvgIpc) is 3.53. The van der Waals surface area contributed by atoms with Crippen LogP contribution in [0.25, 0.3) is 0 Å². The fourth-order valence-corrected chi connectivity index (χ4v) is 5.24. The first-order chi connectivity index (χ1) is 17.0. The van der Waals surface area contributed by atoms with Gasteiger partial charge in [0.2, 0.25) is 11.8 Å². The number of azo groups is 1. The number of anilines is 1. The summed E-state index contributed by atoms with van der Waals surface area (Å²) in [6, 6.07) is 17.2. The molecule has 3 saturated heterocycles. The summed E-state index contributed by atoms with van der Waals surface area (Å²) in [5, 5.41) is 18.3. The van der Waals surface area contributed by atoms with Gasteiger partial charge in [0.05, 0.1) is 41.1 Å². The first kappa shape index (κ1) is 22.5. The van der Waals surface area contributed by atoms with E-state index in [1.165, 1.54) is 4.90 Å². The fraction of sp³-hybridized carbons (Fsp3) is 0.308. The van der Waals surface area contributed by atoms with Crippen LogP contribution in [0.1, 0.15) is 30.1 Å². The van der Waals surface area contributed by atoms with Gasteiger partial charge >= 0.3 is 5.97 Å². The number of amides is 2. The first-order valence-corrected chi connectivity index (χ1v) is 11.6. The molecule has 0 radical (unpaired) electrons. The molecule has 3 aliphatic heterocycles. The van der Waals surface area contributed by atoms with Crippen LogP contribution in [0.3, 0.4) is 0 Å². The van der Waals surface area contributed by atoms with Crippen LogP contribution < -0.4 is 4.90 Å². The highest BCUT2D eigenvalue weighted by Crippen LogP contribution is 2.50. The lowest BCUT2D eigenvalue weighted by Crippen LogP contribution is -2.37. The lowest BCUT2D eigenvalue weighted by molar-refractivity contribution is -0.123. The summed E-state index contributed by atoms with van der Waals surface area (Å²) < 4.78 is 4.98. The number of rotatable bonds is 5. The molecule has 2 amide bonds. The Morgan fingerprint density at radius 2 is 1.86 bits per heavy atom. The fourth-order valence-electron chi connectivity index (χ4n) is 5.24. The Hall–Kier alpha value is -4.32. The van der Waals surface area contributed by atoms with Gasteiger partial charge in [-0.25, -0.2) is 9.69 Å². The van der Waals surface area contributed by atoms with Crippen molar-refractivity contribution in [3.05, 3.63) is 71.6 Å². The summed E-state index contributed by atoms with van der Waals surface area (Å²) in [6.45, 7) is 2.67. The monoisotopic (exact) mass is 469 g/mol. The third-order valence-corrected chi connectivity index (χ3v) is 6.68. The molecule has 0 spiro atoms. The van der Waals surface area contributed by atoms with Crippen molar-refractivity contribution in [3.8, 4) is 6.07 Å². The first-order valence-electron chi connectivity index (χ1n) is 11.6. The molecule has 9 nitrogen and oxygen atoms in total. The van der Waals surface area contributed by atoms with Gasteiger partial charge in [-0.15, -0.1) is 10.2 Å². The number of nitrogens with zero attached hydrogens (tertiary/aromatic N) is 5. The normalized spacial score (nSPS) is 24.5. The second-order valence-corrected chi connectivity index (χ2v) is 8.57. The largest absolute Gasteiger partial charge is 0.462 e. The zero-order chi connectivity index (χ0) is 24.5. The van der Waals surface area contributed by atoms with Gasteiger partial charge in [0.1, 0.15) is 6.07 Å². The maximum absolute atomic E-state index is 13.5. The van der Waals surface area contributed by atoms with Crippen LogP contribution in [-0.4, -0.2) is 41.9 Å². The minimum atomic E-state index is -0.757. The van der Waals surface area contributed by atoms with Crippen LogP contribution >= 0.6 is 0 Å². The zero-order valence-corrected chi connectivity index (χ0v) is 19.1. The summed E-state index contributed by atoms with van der Waals surface area (Å²) in [6.07, 6.45) is 1.65. The van der Waals surface area contributed by atoms with Crippen LogP contribution in [0.2, 0.25) is 0 Å². The molecule has 0 bridgehead atoms. The van der Waals surface area contributed by atoms with E-state index in [1.54, 1.807) is 55.5 Å². The number of ether oxygens (including phenoxy) is 1. The van der Waals surface area contributed by atoms with Crippen molar-refractivity contribution in [1.82, 2.24) is 4.90 Å². The number of hydrogen-bond acceptors (Lipinski definition) is 8. The molecule has 0 unspecified atom stereocenters. The van der Waals surface area contributed by atoms with Crippen molar-refractivity contribution < 1.29 is 19.1 Å². The Morgan fingerprint density at radius 3 is 2.54 bits per heavy atom. The van der Waals surface area contributed by atoms with Gasteiger partial charge in [0.25, 0.3) is 0 Å². The standard InChI is InChI=1S/C26H23N5O4/c1-2-35-26(34)16-10-12-17(13-11-16)28-29-19(15-27)23-22-21(20-9-6-14-30(20)23)24(32)31(25(22)33)18-7-4-3-5-8-18/h3-5,7-8,10-13,20-22H,2,6,9,14H2,1H3/b23-19-,29-28?/t20-,21+,22+/m0/s1. The van der Waals surface area contributed by atoms with Gasteiger partial charge in [0.15, 0.2) is 5.70 Å². The number of allylic oxidation sites excluding steroid dienone is 1. The van der Waals surface area contributed by atoms with Gasteiger partial charge in [-0.3, -0.25) is 9.59 Å². The van der Waals surface area contributed by atoms with Gasteiger partial charge in [0, 0.05) is 12.6 Å². The molecular weight excluding hydrogens is 446 g/mol. The maximum atomic E-state index is 13.5. The molecule has 3 atom stereocenters. The predicted molar refractivity (Wildman–Crippen MR) is 125 cm³/mol. The summed E-state index contributed by atoms with van der Waals surface area (Å²) in [5.41, 5.74) is 1.86. The number of esters is 1. The van der Waals surface area contributed by atoms with E-state index in [4.69, 9.17) is 4.74 Å². The molecule has 3 fully saturated rings. The number of nitriles is 1. The molecule has 9 heteroatoms. The number of benzene rings is 2. The molecule has 5 rings (SSSR count). The molecule has 0 saturated carbocycles. The lowest BCUT2D eigenvalue weighted by Gasteiger charge is -2.25. The van der Waals surface area contributed by atoms with Gasteiger partial charge in [-0.1, -0.05) is 18.2 Å². The minimum absolute atomic E-state index is 0.0231. The van der Waals surface area contributed by atoms with Crippen LogP contribution in [0.5, 0.6) is 0 Å². The van der Waals surface area contributed by atoms with Crippen LogP contribution in [-0.2, 0) is 14.3 Å². The number of carbonyl (C=O) groups is 3. The SMILES string of the molecule is CCOC(=O)c1ccc(N=N/C(C#N)=C2/[C@@H]3C(=O)N(c4ccccc4)C(=O)[C@@H]3[C@@H]3CCCN23)cc1. The molecule has 3 aliphatic rings. The van der Waals surface area contributed by atoms with E-state index < -0.39 is 17.8 Å². The Kier molecular flexibility index (Phi) is 5.87. The second-order valence-electron chi connectivity index (χ2n) is 8.57. The van der Waals surface area contributed by atoms with E-state index in [-0.39, 0.29) is 30.2 Å². The topological polar surface area (TPSA) is 115 Å². The van der Waals surface area contributed by atoms with E-state index in [1.807, 2.05) is 11.0 Å². The third kappa shape index (κ3) is 3.77. The quantitative estimate of drug-likeness (QED) is 0.283. The number of hydrogen-bond donors (Lipinski definition) is 0. The number of fused-ring (bicyclic) bond motifs is 3. The molecule has 0 aliphatic carbocycles. The summed E-state index contributed by atoms with van der Waals surface area (Å²) in [5.74, 6) is -2.30. The van der Waals surface area contributed by atoms with Gasteiger partial charge in [-0.05, 0) is 56.2 Å². The van der Waals surface area contributed by atoms with E-state index >= 15 is 0 Å². The molecule has 0 N–H and O–H groups in total. The third-order valence-electron chi connectivity index (χ3n) is 6.68. The van der Waals surface area contributed by atoms with Crippen molar-refractivity contribution in [3.63, 3.8) is 0 Å². The van der Waals surface area contributed by atoms with E-state index in [9.17, 15) is 19.6 Å². The Morgan fingerprint density at radius 1 is 1.11 bits per heavy atom. The number of para-hydroxylation sites is 1. The second kappa shape index (κ2) is 9.14. The van der Waals surface area contributed by atoms with Gasteiger partial charge < -0.3 is 9.64 Å². The summed E-state index contributed by atoms with van der Waals surface area (Å²) in [7, 11) is 0. The summed E-state index contributed by atoms with van der Waals surface area (Å²) in [4.78, 5) is 42.0. The van der Waals surface area contributed by atoms with Crippen molar-refractivity contribution in [2.75, 3.05) is 18.1 Å². The molecule has 176 valence electrons. The Labute approximate surface area is 202 Å². The maximum Gasteiger partial charge on any atom is 0.338 e. The van der Waals surface area contributed by atoms with Crippen molar-refractivity contribution in [2.45, 2.75) is 25.8 Å². The van der Waals surface area contributed by atoms with Crippen molar-refractivity contribution >= 4 is 29.2 Å². The predicted octanol–water partition coefficient (Wildman–Crippen LogP) is 3.97. The molecule has 2 aromatic rings. The smallest absolute Gasteiger partial charge is 0.338 e. The highest BCUT2D eigenvalue weighted by Gasteiger charge is 2.61. The highest BCUT2D eigenvalue weighted by atomic mass is 16.5. The lowest BCUT2D eigenvalue weighted by atomic mass is 9.89. The molecular formula is C26H23N5O4. The summed E-state index contributed by atoms with van der Waals surface area (Å²) >= 11 is 0. The Balaban J connectivity index is 1.49. The van der Waals surface area contributed by atoms with Crippen LogP contribution in [0, 0.1) is 23.2 Å². The molecule has 3 heterocycles. The molecule has 35 heavy (non-hydrogen) atoms. The van der Waals surface area contributed by atoms with Crippen LogP contribution in [0.4, 0.5) is 11.4 Å². The number of carbonyl (C=O) groups excluding carboxylic acids is 3.